The number of hydrogen-bond donors (Lipinski definition) is 1. The van der Waals surface area contributed by atoms with Crippen LogP contribution in [0.15, 0.2) is 0 Å². The van der Waals surface area contributed by atoms with E-state index in [2.05, 4.69) is 6.92 Å². The van der Waals surface area contributed by atoms with E-state index in [1.165, 1.54) is 0 Å². The first-order valence-corrected chi connectivity index (χ1v) is 5.75. The fraction of sp³-hybridized carbons (Fsp3) is 0.917. The average molecular weight is 216 g/mol. The van der Waals surface area contributed by atoms with Crippen LogP contribution in [-0.2, 0) is 9.53 Å². The van der Waals surface area contributed by atoms with Crippen LogP contribution in [0.1, 0.15) is 59.8 Å². The first kappa shape index (κ1) is 14.4. The Morgan fingerprint density at radius 1 is 1.33 bits per heavy atom. The van der Waals surface area contributed by atoms with E-state index < -0.39 is 11.7 Å². The van der Waals surface area contributed by atoms with Crippen molar-refractivity contribution in [2.24, 2.45) is 0 Å². The minimum Gasteiger partial charge on any atom is -0.460 e. The summed E-state index contributed by atoms with van der Waals surface area (Å²) in [5.74, 6) is -0.313. The molecule has 0 heterocycles. The number of rotatable bonds is 6. The molecule has 0 amide bonds. The van der Waals surface area contributed by atoms with Gasteiger partial charge >= 0.3 is 5.97 Å². The molecule has 0 aliphatic heterocycles. The Bertz CT molecular complexity index is 182. The Hall–Kier alpha value is -0.570. The van der Waals surface area contributed by atoms with Crippen molar-refractivity contribution in [3.05, 3.63) is 0 Å². The molecule has 3 heteroatoms. The fourth-order valence-corrected chi connectivity index (χ4v) is 1.31. The van der Waals surface area contributed by atoms with Crippen molar-refractivity contribution in [2.45, 2.75) is 71.5 Å². The number of unbranched alkanes of at least 4 members (excludes halogenated alkanes) is 2. The van der Waals surface area contributed by atoms with Gasteiger partial charge in [0.25, 0.3) is 0 Å². The van der Waals surface area contributed by atoms with Crippen LogP contribution in [0.2, 0.25) is 0 Å². The topological polar surface area (TPSA) is 46.5 Å². The normalized spacial score (nSPS) is 13.7. The molecular formula is C12H24O3. The van der Waals surface area contributed by atoms with Crippen molar-refractivity contribution >= 4 is 5.97 Å². The monoisotopic (exact) mass is 216 g/mol. The third-order valence-electron chi connectivity index (χ3n) is 1.96. The molecule has 15 heavy (non-hydrogen) atoms. The van der Waals surface area contributed by atoms with E-state index in [9.17, 15) is 9.90 Å². The van der Waals surface area contributed by atoms with Gasteiger partial charge in [-0.2, -0.15) is 0 Å². The summed E-state index contributed by atoms with van der Waals surface area (Å²) in [6.45, 7) is 7.59. The molecular weight excluding hydrogens is 192 g/mol. The predicted octanol–water partition coefficient (Wildman–Crippen LogP) is 2.66. The molecule has 0 fully saturated rings. The minimum absolute atomic E-state index is 0.112. The number of carbonyl (C=O) groups is 1. The van der Waals surface area contributed by atoms with Gasteiger partial charge in [-0.05, 0) is 27.2 Å². The quantitative estimate of drug-likeness (QED) is 0.548. The lowest BCUT2D eigenvalue weighted by Gasteiger charge is -2.20. The standard InChI is InChI=1S/C12H24O3/c1-5-6-7-8-10(13)9-11(14)15-12(2,3)4/h10,13H,5-9H2,1-4H3. The lowest BCUT2D eigenvalue weighted by molar-refractivity contribution is -0.157. The van der Waals surface area contributed by atoms with Crippen molar-refractivity contribution in [1.82, 2.24) is 0 Å². The molecule has 0 saturated carbocycles. The molecule has 0 radical (unpaired) electrons. The number of carbonyl (C=O) groups excluding carboxylic acids is 1. The summed E-state index contributed by atoms with van der Waals surface area (Å²) in [5.41, 5.74) is -0.458. The van der Waals surface area contributed by atoms with Crippen LogP contribution in [0.5, 0.6) is 0 Å². The average Bonchev–Trinajstić information content (AvgIpc) is 2.00. The smallest absolute Gasteiger partial charge is 0.308 e. The Kier molecular flexibility index (Phi) is 6.57. The van der Waals surface area contributed by atoms with Crippen molar-refractivity contribution in [3.63, 3.8) is 0 Å². The zero-order chi connectivity index (χ0) is 11.9. The van der Waals surface area contributed by atoms with Crippen LogP contribution in [0.25, 0.3) is 0 Å². The Balaban J connectivity index is 3.67. The van der Waals surface area contributed by atoms with Gasteiger partial charge < -0.3 is 9.84 Å². The summed E-state index contributed by atoms with van der Waals surface area (Å²) < 4.78 is 5.12. The summed E-state index contributed by atoms with van der Waals surface area (Å²) >= 11 is 0. The summed E-state index contributed by atoms with van der Waals surface area (Å²) in [7, 11) is 0. The first-order chi connectivity index (χ1) is 6.85. The van der Waals surface area contributed by atoms with Crippen LogP contribution in [0.3, 0.4) is 0 Å². The molecule has 3 nitrogen and oxygen atoms in total. The largest absolute Gasteiger partial charge is 0.460 e. The van der Waals surface area contributed by atoms with Gasteiger partial charge in [0.2, 0.25) is 0 Å². The molecule has 1 atom stereocenters. The van der Waals surface area contributed by atoms with E-state index in [1.807, 2.05) is 20.8 Å². The molecule has 0 aromatic heterocycles. The lowest BCUT2D eigenvalue weighted by atomic mass is 10.1. The zero-order valence-electron chi connectivity index (χ0n) is 10.4. The van der Waals surface area contributed by atoms with Gasteiger partial charge in [-0.1, -0.05) is 26.2 Å². The van der Waals surface area contributed by atoms with Gasteiger partial charge in [0, 0.05) is 0 Å². The third kappa shape index (κ3) is 9.73. The molecule has 0 aromatic carbocycles. The number of esters is 1. The molecule has 0 spiro atoms. The summed E-state index contributed by atoms with van der Waals surface area (Å²) in [5, 5.41) is 9.54. The van der Waals surface area contributed by atoms with Crippen molar-refractivity contribution in [1.29, 1.82) is 0 Å². The van der Waals surface area contributed by atoms with Crippen LogP contribution in [0, 0.1) is 0 Å². The molecule has 90 valence electrons. The number of aliphatic hydroxyl groups excluding tert-OH is 1. The van der Waals surface area contributed by atoms with Crippen molar-refractivity contribution in [3.8, 4) is 0 Å². The van der Waals surface area contributed by atoms with E-state index in [4.69, 9.17) is 4.74 Å². The van der Waals surface area contributed by atoms with E-state index >= 15 is 0 Å². The van der Waals surface area contributed by atoms with Gasteiger partial charge in [0.15, 0.2) is 0 Å². The Morgan fingerprint density at radius 3 is 2.40 bits per heavy atom. The maximum atomic E-state index is 11.3. The molecule has 0 aliphatic rings. The van der Waals surface area contributed by atoms with Gasteiger partial charge in [0.1, 0.15) is 5.60 Å². The van der Waals surface area contributed by atoms with E-state index in [0.29, 0.717) is 6.42 Å². The van der Waals surface area contributed by atoms with E-state index in [-0.39, 0.29) is 12.4 Å². The highest BCUT2D eigenvalue weighted by molar-refractivity contribution is 5.70. The second-order valence-corrected chi connectivity index (χ2v) is 4.94. The summed E-state index contributed by atoms with van der Waals surface area (Å²) in [4.78, 5) is 11.3. The Labute approximate surface area is 92.8 Å². The predicted molar refractivity (Wildman–Crippen MR) is 60.6 cm³/mol. The number of hydrogen-bond acceptors (Lipinski definition) is 3. The molecule has 0 saturated heterocycles. The second-order valence-electron chi connectivity index (χ2n) is 4.94. The highest BCUT2D eigenvalue weighted by Gasteiger charge is 2.18. The molecule has 0 bridgehead atoms. The van der Waals surface area contributed by atoms with Gasteiger partial charge in [-0.25, -0.2) is 0 Å². The molecule has 0 aliphatic carbocycles. The zero-order valence-corrected chi connectivity index (χ0v) is 10.4. The van der Waals surface area contributed by atoms with Crippen molar-refractivity contribution < 1.29 is 14.6 Å². The van der Waals surface area contributed by atoms with Crippen LogP contribution < -0.4 is 0 Å². The van der Waals surface area contributed by atoms with Crippen LogP contribution >= 0.6 is 0 Å². The lowest BCUT2D eigenvalue weighted by Crippen LogP contribution is -2.26. The van der Waals surface area contributed by atoms with Gasteiger partial charge in [-0.15, -0.1) is 0 Å². The van der Waals surface area contributed by atoms with Crippen LogP contribution in [0.4, 0.5) is 0 Å². The first-order valence-electron chi connectivity index (χ1n) is 5.75. The fourth-order valence-electron chi connectivity index (χ4n) is 1.31. The van der Waals surface area contributed by atoms with Gasteiger partial charge in [-0.3, -0.25) is 4.79 Å². The highest BCUT2D eigenvalue weighted by atomic mass is 16.6. The van der Waals surface area contributed by atoms with E-state index in [0.717, 1.165) is 19.3 Å². The maximum Gasteiger partial charge on any atom is 0.308 e. The van der Waals surface area contributed by atoms with Crippen LogP contribution in [-0.4, -0.2) is 22.8 Å². The number of ether oxygens (including phenoxy) is 1. The van der Waals surface area contributed by atoms with E-state index in [1.54, 1.807) is 0 Å². The molecule has 0 aromatic rings. The molecule has 1 N–H and O–H groups in total. The molecule has 1 unspecified atom stereocenters. The Morgan fingerprint density at radius 2 is 1.93 bits per heavy atom. The SMILES string of the molecule is CCCCCC(O)CC(=O)OC(C)(C)C. The minimum atomic E-state index is -0.550. The third-order valence-corrected chi connectivity index (χ3v) is 1.96. The summed E-state index contributed by atoms with van der Waals surface area (Å²) in [6.07, 6.45) is 3.45. The highest BCUT2D eigenvalue weighted by Crippen LogP contribution is 2.12. The second kappa shape index (κ2) is 6.83. The maximum absolute atomic E-state index is 11.3. The summed E-state index contributed by atoms with van der Waals surface area (Å²) in [6, 6.07) is 0. The number of aliphatic hydroxyl groups is 1. The van der Waals surface area contributed by atoms with Crippen molar-refractivity contribution in [2.75, 3.05) is 0 Å². The molecule has 0 rings (SSSR count). The van der Waals surface area contributed by atoms with Gasteiger partial charge in [0.05, 0.1) is 12.5 Å².